The number of hydrogen-bond donors (Lipinski definition) is 0. The number of pyridine rings is 2. The molecule has 6 nitrogen and oxygen atoms in total. The van der Waals surface area contributed by atoms with Crippen molar-refractivity contribution in [3.63, 3.8) is 0 Å². The van der Waals surface area contributed by atoms with Crippen molar-refractivity contribution in [2.45, 2.75) is 0 Å². The van der Waals surface area contributed by atoms with E-state index in [1.807, 2.05) is 49.9 Å². The maximum absolute atomic E-state index is 5.47. The number of fused-ring (bicyclic) bond motifs is 1. The van der Waals surface area contributed by atoms with Crippen molar-refractivity contribution in [2.24, 2.45) is 7.05 Å². The number of benzene rings is 1. The Morgan fingerprint density at radius 2 is 1.77 bits per heavy atom. The van der Waals surface area contributed by atoms with Crippen molar-refractivity contribution < 1.29 is 9.47 Å². The SMILES string of the molecule is COc1cc2nc(-c3cnn(C)c3)cc(-c3cccnc3)c2cc1OC. The standard InChI is InChI=1S/C20H18N4O2/c1-24-12-14(11-22-24)17-7-15(13-5-4-6-21-10-13)16-8-19(25-2)20(26-3)9-18(16)23-17/h4-12H,1-3H3. The van der Waals surface area contributed by atoms with E-state index in [9.17, 15) is 0 Å². The van der Waals surface area contributed by atoms with Crippen LogP contribution in [0.4, 0.5) is 0 Å². The highest BCUT2D eigenvalue weighted by Gasteiger charge is 2.14. The molecule has 0 fully saturated rings. The quantitative estimate of drug-likeness (QED) is 0.564. The molecule has 0 bridgehead atoms. The predicted octanol–water partition coefficient (Wildman–Crippen LogP) is 3.71. The van der Waals surface area contributed by atoms with Gasteiger partial charge in [-0.3, -0.25) is 9.67 Å². The van der Waals surface area contributed by atoms with E-state index in [-0.39, 0.29) is 0 Å². The second-order valence-electron chi connectivity index (χ2n) is 5.92. The van der Waals surface area contributed by atoms with Gasteiger partial charge in [0.2, 0.25) is 0 Å². The molecule has 3 heterocycles. The zero-order valence-electron chi connectivity index (χ0n) is 14.8. The van der Waals surface area contributed by atoms with Gasteiger partial charge in [0.25, 0.3) is 0 Å². The molecule has 130 valence electrons. The summed E-state index contributed by atoms with van der Waals surface area (Å²) in [5, 5.41) is 5.23. The summed E-state index contributed by atoms with van der Waals surface area (Å²) in [6.45, 7) is 0. The van der Waals surface area contributed by atoms with Crippen LogP contribution in [0.1, 0.15) is 0 Å². The van der Waals surface area contributed by atoms with E-state index in [2.05, 4.69) is 16.1 Å². The Kier molecular flexibility index (Phi) is 4.01. The van der Waals surface area contributed by atoms with Gasteiger partial charge < -0.3 is 9.47 Å². The van der Waals surface area contributed by atoms with Gasteiger partial charge in [0.1, 0.15) is 0 Å². The molecule has 1 aromatic carbocycles. The molecule has 26 heavy (non-hydrogen) atoms. The van der Waals surface area contributed by atoms with Crippen molar-refractivity contribution in [1.29, 1.82) is 0 Å². The van der Waals surface area contributed by atoms with Crippen molar-refractivity contribution in [3.8, 4) is 33.9 Å². The first-order valence-electron chi connectivity index (χ1n) is 8.16. The Balaban J connectivity index is 2.04. The molecule has 0 N–H and O–H groups in total. The number of hydrogen-bond acceptors (Lipinski definition) is 5. The first-order chi connectivity index (χ1) is 12.7. The van der Waals surface area contributed by atoms with Crippen LogP contribution in [0.25, 0.3) is 33.3 Å². The van der Waals surface area contributed by atoms with Gasteiger partial charge in [-0.05, 0) is 23.8 Å². The van der Waals surface area contributed by atoms with Crippen LogP contribution < -0.4 is 9.47 Å². The third-order valence-corrected chi connectivity index (χ3v) is 4.29. The molecule has 0 unspecified atom stereocenters. The van der Waals surface area contributed by atoms with E-state index in [0.717, 1.165) is 33.3 Å². The van der Waals surface area contributed by atoms with E-state index in [1.165, 1.54) is 0 Å². The van der Waals surface area contributed by atoms with Crippen molar-refractivity contribution >= 4 is 10.9 Å². The molecule has 0 aliphatic rings. The molecule has 0 saturated heterocycles. The van der Waals surface area contributed by atoms with Crippen LogP contribution in [0.2, 0.25) is 0 Å². The summed E-state index contributed by atoms with van der Waals surface area (Å²) in [7, 11) is 5.14. The summed E-state index contributed by atoms with van der Waals surface area (Å²) in [6, 6.07) is 9.87. The Hall–Kier alpha value is -3.41. The second kappa shape index (κ2) is 6.48. The van der Waals surface area contributed by atoms with Crippen molar-refractivity contribution in [3.05, 3.63) is 55.1 Å². The second-order valence-corrected chi connectivity index (χ2v) is 5.92. The zero-order chi connectivity index (χ0) is 18.1. The molecular formula is C20H18N4O2. The van der Waals surface area contributed by atoms with Crippen LogP contribution in [-0.4, -0.2) is 34.0 Å². The minimum Gasteiger partial charge on any atom is -0.493 e. The van der Waals surface area contributed by atoms with Gasteiger partial charge in [-0.1, -0.05) is 6.07 Å². The first kappa shape index (κ1) is 16.1. The van der Waals surface area contributed by atoms with E-state index in [1.54, 1.807) is 25.1 Å². The summed E-state index contributed by atoms with van der Waals surface area (Å²) >= 11 is 0. The molecule has 3 aromatic heterocycles. The molecule has 4 aromatic rings. The Labute approximate surface area is 151 Å². The lowest BCUT2D eigenvalue weighted by molar-refractivity contribution is 0.356. The molecule has 0 aliphatic carbocycles. The largest absolute Gasteiger partial charge is 0.493 e. The van der Waals surface area contributed by atoms with Gasteiger partial charge in [-0.15, -0.1) is 0 Å². The van der Waals surface area contributed by atoms with Crippen LogP contribution in [0.15, 0.2) is 55.1 Å². The zero-order valence-corrected chi connectivity index (χ0v) is 14.8. The van der Waals surface area contributed by atoms with Gasteiger partial charge in [-0.2, -0.15) is 5.10 Å². The fourth-order valence-electron chi connectivity index (χ4n) is 3.02. The van der Waals surface area contributed by atoms with Crippen LogP contribution in [0.5, 0.6) is 11.5 Å². The molecule has 4 rings (SSSR count). The van der Waals surface area contributed by atoms with E-state index in [0.29, 0.717) is 11.5 Å². The molecule has 0 saturated carbocycles. The predicted molar refractivity (Wildman–Crippen MR) is 100 cm³/mol. The third-order valence-electron chi connectivity index (χ3n) is 4.29. The van der Waals surface area contributed by atoms with Gasteiger partial charge in [0.05, 0.1) is 31.6 Å². The molecule has 0 spiro atoms. The van der Waals surface area contributed by atoms with Crippen LogP contribution in [0.3, 0.4) is 0 Å². The summed E-state index contributed by atoms with van der Waals surface area (Å²) < 4.78 is 12.7. The number of aromatic nitrogens is 4. The highest BCUT2D eigenvalue weighted by molar-refractivity contribution is 5.98. The summed E-state index contributed by atoms with van der Waals surface area (Å²) in [4.78, 5) is 9.08. The molecule has 0 radical (unpaired) electrons. The highest BCUT2D eigenvalue weighted by Crippen LogP contribution is 2.38. The average molecular weight is 346 g/mol. The summed E-state index contributed by atoms with van der Waals surface area (Å²) in [5.74, 6) is 1.31. The number of nitrogens with zero attached hydrogens (tertiary/aromatic N) is 4. The number of rotatable bonds is 4. The smallest absolute Gasteiger partial charge is 0.162 e. The molecule has 0 amide bonds. The summed E-state index contributed by atoms with van der Waals surface area (Å²) in [6.07, 6.45) is 7.36. The maximum Gasteiger partial charge on any atom is 0.162 e. The van der Waals surface area contributed by atoms with Crippen LogP contribution in [0, 0.1) is 0 Å². The van der Waals surface area contributed by atoms with Gasteiger partial charge >= 0.3 is 0 Å². The van der Waals surface area contributed by atoms with Crippen molar-refractivity contribution in [1.82, 2.24) is 19.7 Å². The van der Waals surface area contributed by atoms with Crippen LogP contribution in [-0.2, 0) is 7.05 Å². The fourth-order valence-corrected chi connectivity index (χ4v) is 3.02. The number of methoxy groups -OCH3 is 2. The lowest BCUT2D eigenvalue weighted by Crippen LogP contribution is -1.94. The Bertz CT molecular complexity index is 1070. The maximum atomic E-state index is 5.47. The lowest BCUT2D eigenvalue weighted by atomic mass is 10.00. The minimum atomic E-state index is 0.646. The molecular weight excluding hydrogens is 328 g/mol. The molecule has 0 aliphatic heterocycles. The van der Waals surface area contributed by atoms with E-state index in [4.69, 9.17) is 14.5 Å². The Morgan fingerprint density at radius 1 is 0.962 bits per heavy atom. The molecule has 0 atom stereocenters. The van der Waals surface area contributed by atoms with Crippen LogP contribution >= 0.6 is 0 Å². The van der Waals surface area contributed by atoms with Crippen molar-refractivity contribution in [2.75, 3.05) is 14.2 Å². The normalized spacial score (nSPS) is 10.9. The van der Waals surface area contributed by atoms with E-state index >= 15 is 0 Å². The van der Waals surface area contributed by atoms with Gasteiger partial charge in [0, 0.05) is 48.2 Å². The Morgan fingerprint density at radius 3 is 2.42 bits per heavy atom. The summed E-state index contributed by atoms with van der Waals surface area (Å²) in [5.41, 5.74) is 4.66. The monoisotopic (exact) mass is 346 g/mol. The fraction of sp³-hybridized carbons (Fsp3) is 0.150. The molecule has 6 heteroatoms. The van der Waals surface area contributed by atoms with Gasteiger partial charge in [0.15, 0.2) is 11.5 Å². The lowest BCUT2D eigenvalue weighted by Gasteiger charge is -2.13. The van der Waals surface area contributed by atoms with E-state index < -0.39 is 0 Å². The first-order valence-corrected chi connectivity index (χ1v) is 8.16. The minimum absolute atomic E-state index is 0.646. The van der Waals surface area contributed by atoms with Gasteiger partial charge in [-0.25, -0.2) is 4.98 Å². The number of aryl methyl sites for hydroxylation is 1. The average Bonchev–Trinajstić information content (AvgIpc) is 3.13. The highest BCUT2D eigenvalue weighted by atomic mass is 16.5. The third kappa shape index (κ3) is 2.75. The number of ether oxygens (including phenoxy) is 2. The topological polar surface area (TPSA) is 62.1 Å².